The Morgan fingerprint density at radius 1 is 1.22 bits per heavy atom. The molecule has 0 saturated carbocycles. The van der Waals surface area contributed by atoms with Crippen LogP contribution >= 0.6 is 0 Å². The van der Waals surface area contributed by atoms with Crippen molar-refractivity contribution in [2.24, 2.45) is 5.92 Å². The molecule has 1 heterocycles. The van der Waals surface area contributed by atoms with Crippen molar-refractivity contribution in [3.8, 4) is 0 Å². The Bertz CT molecular complexity index is 484. The van der Waals surface area contributed by atoms with E-state index in [4.69, 9.17) is 4.74 Å². The first-order chi connectivity index (χ1) is 11.1. The molecule has 0 bridgehead atoms. The number of morpholine rings is 1. The van der Waals surface area contributed by atoms with E-state index in [1.165, 1.54) is 11.1 Å². The Labute approximate surface area is 139 Å². The fourth-order valence-corrected chi connectivity index (χ4v) is 2.91. The number of hydrogen-bond donors (Lipinski definition) is 2. The lowest BCUT2D eigenvalue weighted by Crippen LogP contribution is -2.45. The van der Waals surface area contributed by atoms with Crippen LogP contribution in [0.1, 0.15) is 24.1 Å². The Morgan fingerprint density at radius 3 is 2.48 bits per heavy atom. The second-order valence-electron chi connectivity index (χ2n) is 6.28. The van der Waals surface area contributed by atoms with E-state index < -0.39 is 0 Å². The predicted octanol–water partition coefficient (Wildman–Crippen LogP) is 1.34. The predicted molar refractivity (Wildman–Crippen MR) is 92.4 cm³/mol. The molecule has 0 aromatic heterocycles. The standard InChI is InChI=1S/C18H29N3O2/c1-14-4-6-16(7-5-14)17(21-8-10-23-11-9-21)13-20-18(22)15(2)12-19-3/h4-7,15,17,19H,8-13H2,1-3H3,(H,20,22). The third kappa shape index (κ3) is 5.30. The van der Waals surface area contributed by atoms with Crippen LogP contribution in [-0.4, -0.2) is 57.2 Å². The topological polar surface area (TPSA) is 53.6 Å². The highest BCUT2D eigenvalue weighted by Crippen LogP contribution is 2.22. The second-order valence-corrected chi connectivity index (χ2v) is 6.28. The van der Waals surface area contributed by atoms with Gasteiger partial charge in [-0.25, -0.2) is 0 Å². The van der Waals surface area contributed by atoms with Gasteiger partial charge < -0.3 is 15.4 Å². The number of nitrogens with zero attached hydrogens (tertiary/aromatic N) is 1. The molecule has 128 valence electrons. The minimum absolute atomic E-state index is 0.0247. The largest absolute Gasteiger partial charge is 0.379 e. The van der Waals surface area contributed by atoms with Crippen LogP contribution < -0.4 is 10.6 Å². The maximum Gasteiger partial charge on any atom is 0.224 e. The molecule has 0 aliphatic carbocycles. The van der Waals surface area contributed by atoms with Crippen LogP contribution in [0.2, 0.25) is 0 Å². The van der Waals surface area contributed by atoms with Crippen LogP contribution in [0.25, 0.3) is 0 Å². The van der Waals surface area contributed by atoms with Gasteiger partial charge in [0.2, 0.25) is 5.91 Å². The molecule has 1 fully saturated rings. The van der Waals surface area contributed by atoms with Gasteiger partial charge >= 0.3 is 0 Å². The van der Waals surface area contributed by atoms with Gasteiger partial charge in [0, 0.05) is 32.1 Å². The average molecular weight is 319 g/mol. The quantitative estimate of drug-likeness (QED) is 0.796. The van der Waals surface area contributed by atoms with Crippen LogP contribution in [-0.2, 0) is 9.53 Å². The summed E-state index contributed by atoms with van der Waals surface area (Å²) in [7, 11) is 1.87. The van der Waals surface area contributed by atoms with Crippen molar-refractivity contribution in [1.29, 1.82) is 0 Å². The fraction of sp³-hybridized carbons (Fsp3) is 0.611. The summed E-state index contributed by atoms with van der Waals surface area (Å²) in [5.74, 6) is 0.0769. The summed E-state index contributed by atoms with van der Waals surface area (Å²) in [5, 5.41) is 6.17. The number of aryl methyl sites for hydroxylation is 1. The molecule has 2 atom stereocenters. The fourth-order valence-electron chi connectivity index (χ4n) is 2.91. The molecule has 2 rings (SSSR count). The van der Waals surface area contributed by atoms with Crippen LogP contribution in [0.3, 0.4) is 0 Å². The highest BCUT2D eigenvalue weighted by Gasteiger charge is 2.23. The van der Waals surface area contributed by atoms with Gasteiger partial charge in [-0.15, -0.1) is 0 Å². The Balaban J connectivity index is 2.04. The molecular formula is C18H29N3O2. The zero-order valence-corrected chi connectivity index (χ0v) is 14.5. The van der Waals surface area contributed by atoms with Crippen molar-refractivity contribution in [2.45, 2.75) is 19.9 Å². The third-order valence-electron chi connectivity index (χ3n) is 4.38. The number of ether oxygens (including phenoxy) is 1. The van der Waals surface area contributed by atoms with Gasteiger partial charge in [-0.2, -0.15) is 0 Å². The minimum atomic E-state index is -0.0247. The van der Waals surface area contributed by atoms with E-state index in [2.05, 4.69) is 46.7 Å². The lowest BCUT2D eigenvalue weighted by molar-refractivity contribution is -0.124. The molecule has 1 aliphatic heterocycles. The summed E-state index contributed by atoms with van der Waals surface area (Å²) in [6, 6.07) is 8.80. The molecule has 1 saturated heterocycles. The lowest BCUT2D eigenvalue weighted by Gasteiger charge is -2.35. The third-order valence-corrected chi connectivity index (χ3v) is 4.38. The van der Waals surface area contributed by atoms with Gasteiger partial charge in [-0.05, 0) is 19.5 Å². The molecular weight excluding hydrogens is 290 g/mol. The van der Waals surface area contributed by atoms with Crippen molar-refractivity contribution in [1.82, 2.24) is 15.5 Å². The number of carbonyl (C=O) groups excluding carboxylic acids is 1. The summed E-state index contributed by atoms with van der Waals surface area (Å²) in [6.45, 7) is 8.69. The molecule has 5 heteroatoms. The van der Waals surface area contributed by atoms with E-state index in [0.717, 1.165) is 26.3 Å². The molecule has 5 nitrogen and oxygen atoms in total. The number of hydrogen-bond acceptors (Lipinski definition) is 4. The first-order valence-corrected chi connectivity index (χ1v) is 8.42. The minimum Gasteiger partial charge on any atom is -0.379 e. The van der Waals surface area contributed by atoms with Crippen molar-refractivity contribution < 1.29 is 9.53 Å². The highest BCUT2D eigenvalue weighted by molar-refractivity contribution is 5.78. The van der Waals surface area contributed by atoms with Crippen LogP contribution in [0.5, 0.6) is 0 Å². The summed E-state index contributed by atoms with van der Waals surface area (Å²) in [4.78, 5) is 14.6. The van der Waals surface area contributed by atoms with Crippen LogP contribution in [0.4, 0.5) is 0 Å². The first kappa shape index (κ1) is 17.9. The van der Waals surface area contributed by atoms with E-state index in [-0.39, 0.29) is 17.9 Å². The molecule has 2 unspecified atom stereocenters. The van der Waals surface area contributed by atoms with Crippen molar-refractivity contribution >= 4 is 5.91 Å². The molecule has 0 radical (unpaired) electrons. The Hall–Kier alpha value is -1.43. The average Bonchev–Trinajstić information content (AvgIpc) is 2.57. The number of amides is 1. The monoisotopic (exact) mass is 319 g/mol. The van der Waals surface area contributed by atoms with Gasteiger partial charge in [-0.1, -0.05) is 36.8 Å². The van der Waals surface area contributed by atoms with Gasteiger partial charge in [0.25, 0.3) is 0 Å². The van der Waals surface area contributed by atoms with Crippen molar-refractivity contribution in [3.63, 3.8) is 0 Å². The maximum atomic E-state index is 12.2. The van der Waals surface area contributed by atoms with Gasteiger partial charge in [0.1, 0.15) is 0 Å². The van der Waals surface area contributed by atoms with Crippen LogP contribution in [0.15, 0.2) is 24.3 Å². The van der Waals surface area contributed by atoms with E-state index in [0.29, 0.717) is 13.1 Å². The number of nitrogens with one attached hydrogen (secondary N) is 2. The zero-order chi connectivity index (χ0) is 16.7. The van der Waals surface area contributed by atoms with E-state index in [1.807, 2.05) is 14.0 Å². The molecule has 23 heavy (non-hydrogen) atoms. The summed E-state index contributed by atoms with van der Waals surface area (Å²) < 4.78 is 5.46. The maximum absolute atomic E-state index is 12.2. The van der Waals surface area contributed by atoms with Gasteiger partial charge in [0.05, 0.1) is 19.3 Å². The van der Waals surface area contributed by atoms with E-state index in [9.17, 15) is 4.79 Å². The molecule has 2 N–H and O–H groups in total. The summed E-state index contributed by atoms with van der Waals surface area (Å²) in [5.41, 5.74) is 2.50. The molecule has 0 spiro atoms. The van der Waals surface area contributed by atoms with E-state index >= 15 is 0 Å². The number of benzene rings is 1. The second kappa shape index (κ2) is 9.01. The first-order valence-electron chi connectivity index (χ1n) is 8.42. The zero-order valence-electron chi connectivity index (χ0n) is 14.5. The molecule has 1 aromatic rings. The Morgan fingerprint density at radius 2 is 1.87 bits per heavy atom. The van der Waals surface area contributed by atoms with Gasteiger partial charge in [-0.3, -0.25) is 9.69 Å². The summed E-state index contributed by atoms with van der Waals surface area (Å²) in [6.07, 6.45) is 0. The summed E-state index contributed by atoms with van der Waals surface area (Å²) >= 11 is 0. The molecule has 1 amide bonds. The van der Waals surface area contributed by atoms with Crippen molar-refractivity contribution in [3.05, 3.63) is 35.4 Å². The molecule has 1 aromatic carbocycles. The van der Waals surface area contributed by atoms with E-state index in [1.54, 1.807) is 0 Å². The van der Waals surface area contributed by atoms with Crippen molar-refractivity contribution in [2.75, 3.05) is 46.4 Å². The van der Waals surface area contributed by atoms with Gasteiger partial charge in [0.15, 0.2) is 0 Å². The smallest absolute Gasteiger partial charge is 0.224 e. The lowest BCUT2D eigenvalue weighted by atomic mass is 10.0. The normalized spacial score (nSPS) is 18.4. The Kier molecular flexibility index (Phi) is 7.02. The number of carbonyl (C=O) groups is 1. The number of rotatable bonds is 7. The van der Waals surface area contributed by atoms with Crippen LogP contribution in [0, 0.1) is 12.8 Å². The highest BCUT2D eigenvalue weighted by atomic mass is 16.5. The SMILES string of the molecule is CNCC(C)C(=O)NCC(c1ccc(C)cc1)N1CCOCC1. The molecule has 1 aliphatic rings.